The summed E-state index contributed by atoms with van der Waals surface area (Å²) in [6.45, 7) is 2.15. The van der Waals surface area contributed by atoms with E-state index in [1.165, 1.54) is 19.1 Å². The van der Waals surface area contributed by atoms with Gasteiger partial charge in [-0.25, -0.2) is 13.2 Å². The van der Waals surface area contributed by atoms with Crippen LogP contribution in [-0.2, 0) is 4.79 Å². The van der Waals surface area contributed by atoms with Crippen LogP contribution in [0.3, 0.4) is 0 Å². The minimum atomic E-state index is -3.05. The summed E-state index contributed by atoms with van der Waals surface area (Å²) in [5.74, 6) is -3.93. The molecule has 21 heavy (non-hydrogen) atoms. The highest BCUT2D eigenvalue weighted by molar-refractivity contribution is 5.87. The summed E-state index contributed by atoms with van der Waals surface area (Å²) in [6.07, 6.45) is 1.56. The zero-order valence-electron chi connectivity index (χ0n) is 12.1. The number of halogens is 3. The van der Waals surface area contributed by atoms with Gasteiger partial charge in [0, 0.05) is 13.0 Å². The molecule has 3 atom stereocenters. The molecule has 2 nitrogen and oxygen atoms in total. The molecule has 2 fully saturated rings. The number of alkyl halides is 2. The van der Waals surface area contributed by atoms with E-state index in [1.54, 1.807) is 17.0 Å². The van der Waals surface area contributed by atoms with Crippen LogP contribution in [-0.4, -0.2) is 22.8 Å². The number of amides is 1. The summed E-state index contributed by atoms with van der Waals surface area (Å²) in [6, 6.07) is 5.62. The third-order valence-corrected chi connectivity index (χ3v) is 5.06. The summed E-state index contributed by atoms with van der Waals surface area (Å²) < 4.78 is 41.1. The molecule has 0 unspecified atom stereocenters. The normalized spacial score (nSPS) is 32.6. The first kappa shape index (κ1) is 14.4. The van der Waals surface area contributed by atoms with E-state index in [1.807, 2.05) is 0 Å². The fraction of sp³-hybridized carbons (Fsp3) is 0.562. The van der Waals surface area contributed by atoms with Crippen molar-refractivity contribution in [2.24, 2.45) is 5.41 Å². The van der Waals surface area contributed by atoms with Crippen molar-refractivity contribution >= 4 is 5.91 Å². The van der Waals surface area contributed by atoms with Crippen molar-refractivity contribution in [3.05, 3.63) is 35.6 Å². The van der Waals surface area contributed by atoms with Gasteiger partial charge < -0.3 is 4.90 Å². The lowest BCUT2D eigenvalue weighted by atomic mass is 9.80. The van der Waals surface area contributed by atoms with Gasteiger partial charge >= 0.3 is 0 Å². The number of hydrogen-bond acceptors (Lipinski definition) is 1. The van der Waals surface area contributed by atoms with Crippen LogP contribution >= 0.6 is 0 Å². The first-order chi connectivity index (χ1) is 9.74. The first-order valence-electron chi connectivity index (χ1n) is 7.20. The van der Waals surface area contributed by atoms with Gasteiger partial charge in [-0.2, -0.15) is 0 Å². The number of rotatable bonds is 2. The fourth-order valence-corrected chi connectivity index (χ4v) is 3.64. The van der Waals surface area contributed by atoms with E-state index in [2.05, 4.69) is 0 Å². The van der Waals surface area contributed by atoms with Crippen molar-refractivity contribution in [1.29, 1.82) is 0 Å². The SMILES string of the molecule is CC(F)(F)[C@@]1(C)C[C@H]2CC[C@H](c3cccc(F)c3)N2C1=O. The Labute approximate surface area is 121 Å². The van der Waals surface area contributed by atoms with Crippen LogP contribution in [0.1, 0.15) is 44.7 Å². The molecule has 114 valence electrons. The predicted molar refractivity (Wildman–Crippen MR) is 72.4 cm³/mol. The molecule has 0 aromatic heterocycles. The van der Waals surface area contributed by atoms with Gasteiger partial charge in [-0.1, -0.05) is 12.1 Å². The Bertz CT molecular complexity index is 583. The largest absolute Gasteiger partial charge is 0.332 e. The molecule has 0 radical (unpaired) electrons. The predicted octanol–water partition coefficient (Wildman–Crippen LogP) is 3.92. The second kappa shape index (κ2) is 4.49. The number of benzene rings is 1. The van der Waals surface area contributed by atoms with E-state index in [0.29, 0.717) is 18.4 Å². The van der Waals surface area contributed by atoms with Crippen LogP contribution in [0.2, 0.25) is 0 Å². The Kier molecular flexibility index (Phi) is 3.08. The van der Waals surface area contributed by atoms with Crippen molar-refractivity contribution in [3.63, 3.8) is 0 Å². The molecule has 3 rings (SSSR count). The summed E-state index contributed by atoms with van der Waals surface area (Å²) in [5, 5.41) is 0. The monoisotopic (exact) mass is 297 g/mol. The zero-order chi connectivity index (χ0) is 15.4. The molecule has 1 aromatic rings. The van der Waals surface area contributed by atoms with E-state index >= 15 is 0 Å². The second-order valence-electron chi connectivity index (χ2n) is 6.44. The highest BCUT2D eigenvalue weighted by Crippen LogP contribution is 2.54. The molecule has 2 heterocycles. The van der Waals surface area contributed by atoms with E-state index in [9.17, 15) is 18.0 Å². The molecular formula is C16H18F3NO. The Morgan fingerprint density at radius 2 is 2.05 bits per heavy atom. The molecule has 2 aliphatic heterocycles. The highest BCUT2D eigenvalue weighted by Gasteiger charge is 2.62. The first-order valence-corrected chi connectivity index (χ1v) is 7.20. The summed E-state index contributed by atoms with van der Waals surface area (Å²) in [5.41, 5.74) is -0.960. The van der Waals surface area contributed by atoms with E-state index in [-0.39, 0.29) is 24.3 Å². The molecule has 2 saturated heterocycles. The Hall–Kier alpha value is -1.52. The third-order valence-electron chi connectivity index (χ3n) is 5.06. The van der Waals surface area contributed by atoms with Crippen molar-refractivity contribution < 1.29 is 18.0 Å². The quantitative estimate of drug-likeness (QED) is 0.810. The molecule has 1 aromatic carbocycles. The Balaban J connectivity index is 1.95. The van der Waals surface area contributed by atoms with Gasteiger partial charge in [-0.15, -0.1) is 0 Å². The lowest BCUT2D eigenvalue weighted by Gasteiger charge is -2.31. The van der Waals surface area contributed by atoms with E-state index in [0.717, 1.165) is 6.92 Å². The minimum absolute atomic E-state index is 0.165. The van der Waals surface area contributed by atoms with E-state index in [4.69, 9.17) is 0 Å². The number of carbonyl (C=O) groups is 1. The number of carbonyl (C=O) groups excluding carboxylic acids is 1. The van der Waals surface area contributed by atoms with Crippen LogP contribution in [0.25, 0.3) is 0 Å². The minimum Gasteiger partial charge on any atom is -0.332 e. The van der Waals surface area contributed by atoms with Crippen LogP contribution in [0.15, 0.2) is 24.3 Å². The number of nitrogens with zero attached hydrogens (tertiary/aromatic N) is 1. The molecule has 0 N–H and O–H groups in total. The second-order valence-corrected chi connectivity index (χ2v) is 6.44. The molecular weight excluding hydrogens is 279 g/mol. The maximum atomic E-state index is 13.9. The van der Waals surface area contributed by atoms with Crippen LogP contribution in [0, 0.1) is 11.2 Å². The lowest BCUT2D eigenvalue weighted by molar-refractivity contribution is -0.156. The molecule has 5 heteroatoms. The molecule has 0 saturated carbocycles. The number of hydrogen-bond donors (Lipinski definition) is 0. The molecule has 0 spiro atoms. The molecule has 0 aliphatic carbocycles. The van der Waals surface area contributed by atoms with Gasteiger partial charge in [0.25, 0.3) is 5.92 Å². The highest BCUT2D eigenvalue weighted by atomic mass is 19.3. The van der Waals surface area contributed by atoms with Crippen molar-refractivity contribution in [2.45, 2.75) is 51.1 Å². The topological polar surface area (TPSA) is 20.3 Å². The maximum absolute atomic E-state index is 13.9. The van der Waals surface area contributed by atoms with Crippen molar-refractivity contribution in [1.82, 2.24) is 4.90 Å². The lowest BCUT2D eigenvalue weighted by Crippen LogP contribution is -2.44. The van der Waals surface area contributed by atoms with Crippen molar-refractivity contribution in [2.75, 3.05) is 0 Å². The van der Waals surface area contributed by atoms with Crippen LogP contribution in [0.4, 0.5) is 13.2 Å². The molecule has 0 bridgehead atoms. The van der Waals surface area contributed by atoms with Crippen LogP contribution < -0.4 is 0 Å². The fourth-order valence-electron chi connectivity index (χ4n) is 3.64. The summed E-state index contributed by atoms with van der Waals surface area (Å²) >= 11 is 0. The van der Waals surface area contributed by atoms with Crippen LogP contribution in [0.5, 0.6) is 0 Å². The summed E-state index contributed by atoms with van der Waals surface area (Å²) in [7, 11) is 0. The maximum Gasteiger partial charge on any atom is 0.259 e. The molecule has 2 aliphatic rings. The Morgan fingerprint density at radius 1 is 1.33 bits per heavy atom. The average Bonchev–Trinajstić information content (AvgIpc) is 2.89. The smallest absolute Gasteiger partial charge is 0.259 e. The van der Waals surface area contributed by atoms with Crippen molar-refractivity contribution in [3.8, 4) is 0 Å². The molecule has 1 amide bonds. The van der Waals surface area contributed by atoms with E-state index < -0.39 is 17.2 Å². The zero-order valence-corrected chi connectivity index (χ0v) is 12.1. The van der Waals surface area contributed by atoms with Gasteiger partial charge in [-0.05, 0) is 43.9 Å². The van der Waals surface area contributed by atoms with Gasteiger partial charge in [0.05, 0.1) is 6.04 Å². The Morgan fingerprint density at radius 3 is 2.67 bits per heavy atom. The van der Waals surface area contributed by atoms with Gasteiger partial charge in [-0.3, -0.25) is 4.79 Å². The third kappa shape index (κ3) is 2.05. The number of fused-ring (bicyclic) bond motifs is 1. The summed E-state index contributed by atoms with van der Waals surface area (Å²) in [4.78, 5) is 14.1. The van der Waals surface area contributed by atoms with Gasteiger partial charge in [0.1, 0.15) is 11.2 Å². The van der Waals surface area contributed by atoms with Gasteiger partial charge in [0.2, 0.25) is 5.91 Å². The van der Waals surface area contributed by atoms with Gasteiger partial charge in [0.15, 0.2) is 0 Å². The standard InChI is InChI=1S/C16H18F3NO/c1-15(16(2,18)19)9-12-6-7-13(20(12)14(15)21)10-4-3-5-11(17)8-10/h3-5,8,12-13H,6-7,9H2,1-2H3/t12-,13-,15+/m1/s1. The average molecular weight is 297 g/mol.